The number of ether oxygens (including phenoxy) is 1. The van der Waals surface area contributed by atoms with Gasteiger partial charge in [-0.15, -0.1) is 0 Å². The van der Waals surface area contributed by atoms with Crippen LogP contribution in [0.4, 0.5) is 5.69 Å². The number of amides is 2. The van der Waals surface area contributed by atoms with Gasteiger partial charge in [-0.05, 0) is 74.4 Å². The van der Waals surface area contributed by atoms with E-state index in [1.807, 2.05) is 32.9 Å². The first-order valence-electron chi connectivity index (χ1n) is 12.7. The van der Waals surface area contributed by atoms with E-state index in [1.54, 1.807) is 55.6 Å². The first kappa shape index (κ1) is 30.2. The number of carbonyl (C=O) groups is 2. The summed E-state index contributed by atoms with van der Waals surface area (Å²) < 4.78 is 34.8. The first-order valence-corrected chi connectivity index (χ1v) is 14.9. The van der Waals surface area contributed by atoms with Crippen LogP contribution in [0, 0.1) is 6.92 Å². The van der Waals surface area contributed by atoms with Crippen molar-refractivity contribution >= 4 is 43.5 Å². The molecule has 0 fully saturated rings. The summed E-state index contributed by atoms with van der Waals surface area (Å²) in [6.07, 6.45) is 0.358. The Hall–Kier alpha value is -3.37. The predicted octanol–water partition coefficient (Wildman–Crippen LogP) is 4.90. The molecule has 1 N–H and O–H groups in total. The molecule has 3 aromatic rings. The number of aryl methyl sites for hydroxylation is 1. The average molecular weight is 617 g/mol. The van der Waals surface area contributed by atoms with Crippen LogP contribution in [-0.2, 0) is 26.2 Å². The van der Waals surface area contributed by atoms with E-state index in [0.29, 0.717) is 24.4 Å². The summed E-state index contributed by atoms with van der Waals surface area (Å²) in [5.74, 6) is -0.126. The van der Waals surface area contributed by atoms with Crippen LogP contribution >= 0.6 is 15.9 Å². The number of benzene rings is 3. The fourth-order valence-electron chi connectivity index (χ4n) is 4.11. The normalized spacial score (nSPS) is 11.9. The number of methoxy groups -OCH3 is 1. The molecule has 3 rings (SSSR count). The van der Waals surface area contributed by atoms with Crippen molar-refractivity contribution in [3.05, 3.63) is 88.4 Å². The third-order valence-electron chi connectivity index (χ3n) is 6.25. The molecule has 8 nitrogen and oxygen atoms in total. The van der Waals surface area contributed by atoms with Crippen LogP contribution in [0.1, 0.15) is 31.4 Å². The van der Waals surface area contributed by atoms with Crippen molar-refractivity contribution in [3.8, 4) is 5.75 Å². The zero-order chi connectivity index (χ0) is 28.6. The standard InChI is InChI=1S/C29H34BrN3O5S/c1-5-27(29(35)31-6-2)32(19-22-9-15-25(38-4)16-10-22)28(34)20-33(24-13-11-23(30)12-14-24)39(36,37)26-17-7-21(3)8-18-26/h7-18,27H,5-6,19-20H2,1-4H3,(H,31,35)/t27-/m1/s1. The minimum Gasteiger partial charge on any atom is -0.497 e. The summed E-state index contributed by atoms with van der Waals surface area (Å²) in [6, 6.07) is 19.6. The molecule has 0 heterocycles. The highest BCUT2D eigenvalue weighted by Gasteiger charge is 2.33. The smallest absolute Gasteiger partial charge is 0.264 e. The molecule has 10 heteroatoms. The quantitative estimate of drug-likeness (QED) is 0.312. The number of halogens is 1. The SMILES string of the molecule is CCNC(=O)[C@@H](CC)N(Cc1ccc(OC)cc1)C(=O)CN(c1ccc(Br)cc1)S(=O)(=O)c1ccc(C)cc1. The molecule has 0 aliphatic carbocycles. The molecule has 0 saturated heterocycles. The van der Waals surface area contributed by atoms with Gasteiger partial charge in [0.25, 0.3) is 10.0 Å². The summed E-state index contributed by atoms with van der Waals surface area (Å²) in [4.78, 5) is 28.5. The second-order valence-corrected chi connectivity index (χ2v) is 11.8. The molecule has 0 aliphatic heterocycles. The van der Waals surface area contributed by atoms with Gasteiger partial charge in [-0.1, -0.05) is 52.7 Å². The lowest BCUT2D eigenvalue weighted by Gasteiger charge is -2.33. The lowest BCUT2D eigenvalue weighted by atomic mass is 10.1. The van der Waals surface area contributed by atoms with Crippen LogP contribution in [0.5, 0.6) is 5.75 Å². The molecule has 1 atom stereocenters. The van der Waals surface area contributed by atoms with Gasteiger partial charge in [0, 0.05) is 17.6 Å². The third-order valence-corrected chi connectivity index (χ3v) is 8.57. The van der Waals surface area contributed by atoms with Crippen molar-refractivity contribution in [2.75, 3.05) is 24.5 Å². The number of hydrogen-bond donors (Lipinski definition) is 1. The molecular formula is C29H34BrN3O5S. The van der Waals surface area contributed by atoms with E-state index in [2.05, 4.69) is 21.2 Å². The van der Waals surface area contributed by atoms with Crippen LogP contribution in [0.25, 0.3) is 0 Å². The monoisotopic (exact) mass is 615 g/mol. The summed E-state index contributed by atoms with van der Waals surface area (Å²) in [7, 11) is -2.54. The van der Waals surface area contributed by atoms with E-state index in [-0.39, 0.29) is 17.3 Å². The van der Waals surface area contributed by atoms with Gasteiger partial charge in [0.1, 0.15) is 18.3 Å². The summed E-state index contributed by atoms with van der Waals surface area (Å²) in [6.45, 7) is 5.55. The Bertz CT molecular complexity index is 1360. The highest BCUT2D eigenvalue weighted by molar-refractivity contribution is 9.10. The van der Waals surface area contributed by atoms with Gasteiger partial charge in [-0.2, -0.15) is 0 Å². The number of likely N-dealkylation sites (N-methyl/N-ethyl adjacent to an activating group) is 1. The number of rotatable bonds is 12. The van der Waals surface area contributed by atoms with Crippen LogP contribution < -0.4 is 14.4 Å². The number of carbonyl (C=O) groups excluding carboxylic acids is 2. The van der Waals surface area contributed by atoms with Crippen molar-refractivity contribution in [1.29, 1.82) is 0 Å². The molecule has 39 heavy (non-hydrogen) atoms. The van der Waals surface area contributed by atoms with E-state index in [4.69, 9.17) is 4.74 Å². The molecular weight excluding hydrogens is 582 g/mol. The van der Waals surface area contributed by atoms with Crippen molar-refractivity contribution in [1.82, 2.24) is 10.2 Å². The van der Waals surface area contributed by atoms with Crippen LogP contribution in [0.2, 0.25) is 0 Å². The predicted molar refractivity (Wildman–Crippen MR) is 156 cm³/mol. The molecule has 3 aromatic carbocycles. The van der Waals surface area contributed by atoms with Gasteiger partial charge in [0.2, 0.25) is 11.8 Å². The number of nitrogens with one attached hydrogen (secondary N) is 1. The second kappa shape index (κ2) is 13.6. The Balaban J connectivity index is 2.04. The van der Waals surface area contributed by atoms with Gasteiger partial charge >= 0.3 is 0 Å². The fraction of sp³-hybridized carbons (Fsp3) is 0.310. The highest BCUT2D eigenvalue weighted by Crippen LogP contribution is 2.26. The molecule has 0 aliphatic rings. The minimum absolute atomic E-state index is 0.0706. The molecule has 0 saturated carbocycles. The summed E-state index contributed by atoms with van der Waals surface area (Å²) in [5.41, 5.74) is 2.03. The van der Waals surface area contributed by atoms with Crippen LogP contribution in [0.15, 0.2) is 82.2 Å². The maximum Gasteiger partial charge on any atom is 0.264 e. The van der Waals surface area contributed by atoms with Crippen molar-refractivity contribution in [2.24, 2.45) is 0 Å². The zero-order valence-electron chi connectivity index (χ0n) is 22.6. The lowest BCUT2D eigenvalue weighted by molar-refractivity contribution is -0.140. The molecule has 2 amide bonds. The fourth-order valence-corrected chi connectivity index (χ4v) is 5.79. The second-order valence-electron chi connectivity index (χ2n) is 8.99. The largest absolute Gasteiger partial charge is 0.497 e. The summed E-state index contributed by atoms with van der Waals surface area (Å²) >= 11 is 3.38. The van der Waals surface area contributed by atoms with E-state index in [9.17, 15) is 18.0 Å². The number of sulfonamides is 1. The highest BCUT2D eigenvalue weighted by atomic mass is 79.9. The third kappa shape index (κ3) is 7.60. The summed E-state index contributed by atoms with van der Waals surface area (Å²) in [5, 5.41) is 2.80. The van der Waals surface area contributed by atoms with E-state index in [1.165, 1.54) is 17.0 Å². The number of nitrogens with zero attached hydrogens (tertiary/aromatic N) is 2. The Morgan fingerprint density at radius 2 is 1.56 bits per heavy atom. The molecule has 0 bridgehead atoms. The van der Waals surface area contributed by atoms with Crippen LogP contribution in [0.3, 0.4) is 0 Å². The van der Waals surface area contributed by atoms with Gasteiger partial charge < -0.3 is 15.0 Å². The zero-order valence-corrected chi connectivity index (χ0v) is 25.0. The van der Waals surface area contributed by atoms with Crippen LogP contribution in [-0.4, -0.2) is 51.4 Å². The van der Waals surface area contributed by atoms with Gasteiger partial charge in [-0.25, -0.2) is 8.42 Å². The first-order chi connectivity index (χ1) is 18.6. The Labute approximate surface area is 239 Å². The number of hydrogen-bond acceptors (Lipinski definition) is 5. The topological polar surface area (TPSA) is 96.0 Å². The Morgan fingerprint density at radius 1 is 0.949 bits per heavy atom. The minimum atomic E-state index is -4.10. The Morgan fingerprint density at radius 3 is 2.10 bits per heavy atom. The van der Waals surface area contributed by atoms with Gasteiger partial charge in [-0.3, -0.25) is 13.9 Å². The van der Waals surface area contributed by atoms with Crippen molar-refractivity contribution < 1.29 is 22.7 Å². The molecule has 0 radical (unpaired) electrons. The van der Waals surface area contributed by atoms with Gasteiger partial charge in [0.15, 0.2) is 0 Å². The average Bonchev–Trinajstić information content (AvgIpc) is 2.92. The lowest BCUT2D eigenvalue weighted by Crippen LogP contribution is -2.52. The Kier molecular flexibility index (Phi) is 10.5. The maximum atomic E-state index is 14.0. The van der Waals surface area contributed by atoms with E-state index < -0.39 is 28.5 Å². The maximum absolute atomic E-state index is 14.0. The molecule has 0 unspecified atom stereocenters. The van der Waals surface area contributed by atoms with Crippen molar-refractivity contribution in [3.63, 3.8) is 0 Å². The van der Waals surface area contributed by atoms with Crippen molar-refractivity contribution in [2.45, 2.75) is 44.7 Å². The molecule has 208 valence electrons. The van der Waals surface area contributed by atoms with Gasteiger partial charge in [0.05, 0.1) is 17.7 Å². The van der Waals surface area contributed by atoms with E-state index in [0.717, 1.165) is 19.9 Å². The molecule has 0 spiro atoms. The van der Waals surface area contributed by atoms with E-state index >= 15 is 0 Å². The number of anilines is 1. The molecule has 0 aromatic heterocycles.